The first-order chi connectivity index (χ1) is 14.5. The molecule has 1 aliphatic heterocycles. The maximum absolute atomic E-state index is 12.4. The predicted octanol–water partition coefficient (Wildman–Crippen LogP) is 3.29. The first-order valence-corrected chi connectivity index (χ1v) is 10.5. The molecule has 7 nitrogen and oxygen atoms in total. The number of rotatable bonds is 6. The topological polar surface area (TPSA) is 76.7 Å². The van der Waals surface area contributed by atoms with E-state index in [9.17, 15) is 9.59 Å². The van der Waals surface area contributed by atoms with Crippen LogP contribution in [-0.2, 0) is 4.79 Å². The lowest BCUT2D eigenvalue weighted by molar-refractivity contribution is -0.120. The van der Waals surface area contributed by atoms with Crippen LogP contribution in [0, 0.1) is 6.92 Å². The van der Waals surface area contributed by atoms with E-state index in [1.165, 1.54) is 5.69 Å². The Labute approximate surface area is 178 Å². The summed E-state index contributed by atoms with van der Waals surface area (Å²) >= 11 is 0. The number of carbonyl (C=O) groups excluding carboxylic acids is 2. The molecule has 7 heteroatoms. The smallest absolute Gasteiger partial charge is 0.325 e. The number of imide groups is 1. The van der Waals surface area contributed by atoms with Crippen molar-refractivity contribution in [3.8, 4) is 0 Å². The zero-order valence-corrected chi connectivity index (χ0v) is 17.9. The number of anilines is 3. The van der Waals surface area contributed by atoms with E-state index in [4.69, 9.17) is 0 Å². The number of para-hydroxylation sites is 1. The SMILES string of the molecule is CCN1CCN(c2ccc(N[C@H](C)C(=O)NC(=O)Nc3ccccc3)c(C)c2)CC1. The van der Waals surface area contributed by atoms with Crippen LogP contribution < -0.4 is 20.9 Å². The van der Waals surface area contributed by atoms with Gasteiger partial charge in [0.05, 0.1) is 0 Å². The number of amides is 3. The van der Waals surface area contributed by atoms with E-state index < -0.39 is 12.1 Å². The summed E-state index contributed by atoms with van der Waals surface area (Å²) in [7, 11) is 0. The van der Waals surface area contributed by atoms with Gasteiger partial charge >= 0.3 is 6.03 Å². The molecule has 2 aromatic rings. The number of aryl methyl sites for hydroxylation is 1. The summed E-state index contributed by atoms with van der Waals surface area (Å²) in [5.74, 6) is -0.386. The minimum Gasteiger partial charge on any atom is -0.374 e. The lowest BCUT2D eigenvalue weighted by Gasteiger charge is -2.35. The number of urea groups is 1. The molecule has 0 spiro atoms. The van der Waals surface area contributed by atoms with Gasteiger partial charge in [-0.1, -0.05) is 25.1 Å². The fraction of sp³-hybridized carbons (Fsp3) is 0.391. The molecule has 0 aromatic heterocycles. The van der Waals surface area contributed by atoms with Crippen LogP contribution in [0.4, 0.5) is 21.9 Å². The van der Waals surface area contributed by atoms with Gasteiger partial charge in [-0.15, -0.1) is 0 Å². The molecule has 0 radical (unpaired) electrons. The highest BCUT2D eigenvalue weighted by Gasteiger charge is 2.19. The second-order valence-electron chi connectivity index (χ2n) is 7.60. The summed E-state index contributed by atoms with van der Waals surface area (Å²) in [5.41, 5.74) is 3.79. The van der Waals surface area contributed by atoms with Crippen LogP contribution in [0.2, 0.25) is 0 Å². The van der Waals surface area contributed by atoms with Crippen molar-refractivity contribution in [1.82, 2.24) is 10.2 Å². The molecule has 3 rings (SSSR count). The number of piperazine rings is 1. The van der Waals surface area contributed by atoms with Crippen LogP contribution in [0.15, 0.2) is 48.5 Å². The first-order valence-electron chi connectivity index (χ1n) is 10.5. The minimum absolute atomic E-state index is 0.386. The molecule has 1 heterocycles. The molecule has 3 N–H and O–H groups in total. The van der Waals surface area contributed by atoms with Crippen molar-refractivity contribution in [3.05, 3.63) is 54.1 Å². The molecule has 30 heavy (non-hydrogen) atoms. The summed E-state index contributed by atoms with van der Waals surface area (Å²) in [6.45, 7) is 11.3. The summed E-state index contributed by atoms with van der Waals surface area (Å²) in [6, 6.07) is 14.2. The number of hydrogen-bond donors (Lipinski definition) is 3. The average Bonchev–Trinajstić information content (AvgIpc) is 2.75. The van der Waals surface area contributed by atoms with Crippen LogP contribution in [0.5, 0.6) is 0 Å². The van der Waals surface area contributed by atoms with E-state index in [2.05, 4.69) is 44.8 Å². The number of nitrogens with zero attached hydrogens (tertiary/aromatic N) is 2. The van der Waals surface area contributed by atoms with Crippen LogP contribution in [0.3, 0.4) is 0 Å². The molecular weight excluding hydrogens is 378 g/mol. The highest BCUT2D eigenvalue weighted by atomic mass is 16.2. The standard InChI is InChI=1S/C23H31N5O2/c1-4-27-12-14-28(15-13-27)20-10-11-21(17(2)16-20)24-18(3)22(29)26-23(30)25-19-8-6-5-7-9-19/h5-11,16,18,24H,4,12-15H2,1-3H3,(H2,25,26,29,30)/t18-/m1/s1. The maximum atomic E-state index is 12.4. The molecule has 1 aliphatic rings. The van der Waals surface area contributed by atoms with Gasteiger partial charge in [-0.3, -0.25) is 10.1 Å². The van der Waals surface area contributed by atoms with Crippen LogP contribution in [0.1, 0.15) is 19.4 Å². The van der Waals surface area contributed by atoms with Crippen molar-refractivity contribution in [2.24, 2.45) is 0 Å². The molecule has 1 fully saturated rings. The molecule has 2 aromatic carbocycles. The Balaban J connectivity index is 1.53. The number of nitrogens with one attached hydrogen (secondary N) is 3. The average molecular weight is 410 g/mol. The zero-order valence-electron chi connectivity index (χ0n) is 17.9. The summed E-state index contributed by atoms with van der Waals surface area (Å²) in [4.78, 5) is 29.3. The van der Waals surface area contributed by atoms with E-state index in [1.54, 1.807) is 19.1 Å². The quantitative estimate of drug-likeness (QED) is 0.683. The Morgan fingerprint density at radius 2 is 1.73 bits per heavy atom. The van der Waals surface area contributed by atoms with Crippen molar-refractivity contribution >= 4 is 29.0 Å². The number of benzene rings is 2. The minimum atomic E-state index is -0.552. The molecular formula is C23H31N5O2. The third-order valence-electron chi connectivity index (χ3n) is 5.43. The Kier molecular flexibility index (Phi) is 7.30. The summed E-state index contributed by atoms with van der Waals surface area (Å²) in [5, 5.41) is 8.23. The van der Waals surface area contributed by atoms with Gasteiger partial charge in [0.15, 0.2) is 0 Å². The molecule has 3 amide bonds. The highest BCUT2D eigenvalue weighted by Crippen LogP contribution is 2.24. The molecule has 1 atom stereocenters. The second-order valence-corrected chi connectivity index (χ2v) is 7.60. The molecule has 1 saturated heterocycles. The summed E-state index contributed by atoms with van der Waals surface area (Å²) in [6.07, 6.45) is 0. The van der Waals surface area contributed by atoms with Crippen molar-refractivity contribution in [2.45, 2.75) is 26.8 Å². The van der Waals surface area contributed by atoms with E-state index in [0.717, 1.165) is 44.0 Å². The maximum Gasteiger partial charge on any atom is 0.325 e. The molecule has 160 valence electrons. The number of likely N-dealkylation sites (N-methyl/N-ethyl adjacent to an activating group) is 1. The van der Waals surface area contributed by atoms with Crippen LogP contribution in [0.25, 0.3) is 0 Å². The van der Waals surface area contributed by atoms with Crippen molar-refractivity contribution in [3.63, 3.8) is 0 Å². The van der Waals surface area contributed by atoms with Crippen LogP contribution >= 0.6 is 0 Å². The normalized spacial score (nSPS) is 15.4. The predicted molar refractivity (Wildman–Crippen MR) is 122 cm³/mol. The van der Waals surface area contributed by atoms with Crippen molar-refractivity contribution < 1.29 is 9.59 Å². The monoisotopic (exact) mass is 409 g/mol. The number of hydrogen-bond acceptors (Lipinski definition) is 5. The highest BCUT2D eigenvalue weighted by molar-refractivity contribution is 6.03. The van der Waals surface area contributed by atoms with E-state index in [0.29, 0.717) is 5.69 Å². The zero-order chi connectivity index (χ0) is 21.5. The Bertz CT molecular complexity index is 863. The van der Waals surface area contributed by atoms with Gasteiger partial charge in [-0.25, -0.2) is 4.79 Å². The third-order valence-corrected chi connectivity index (χ3v) is 5.43. The van der Waals surface area contributed by atoms with E-state index in [-0.39, 0.29) is 5.91 Å². The Hall–Kier alpha value is -3.06. The van der Waals surface area contributed by atoms with Gasteiger partial charge in [0.1, 0.15) is 6.04 Å². The second kappa shape index (κ2) is 10.1. The lowest BCUT2D eigenvalue weighted by Crippen LogP contribution is -2.46. The fourth-order valence-electron chi connectivity index (χ4n) is 3.53. The van der Waals surface area contributed by atoms with Gasteiger partial charge in [-0.05, 0) is 56.3 Å². The summed E-state index contributed by atoms with van der Waals surface area (Å²) < 4.78 is 0. The first kappa shape index (κ1) is 21.6. The van der Waals surface area contributed by atoms with Gasteiger partial charge in [-0.2, -0.15) is 0 Å². The molecule has 0 unspecified atom stereocenters. The van der Waals surface area contributed by atoms with E-state index in [1.807, 2.05) is 31.2 Å². The van der Waals surface area contributed by atoms with E-state index >= 15 is 0 Å². The Morgan fingerprint density at radius 1 is 1.03 bits per heavy atom. The van der Waals surface area contributed by atoms with Crippen LogP contribution in [-0.4, -0.2) is 55.6 Å². The van der Waals surface area contributed by atoms with Gasteiger partial charge in [0.25, 0.3) is 0 Å². The molecule has 0 aliphatic carbocycles. The van der Waals surface area contributed by atoms with Gasteiger partial charge in [0, 0.05) is 43.2 Å². The molecule has 0 saturated carbocycles. The van der Waals surface area contributed by atoms with Crippen molar-refractivity contribution in [2.75, 3.05) is 48.3 Å². The third kappa shape index (κ3) is 5.73. The van der Waals surface area contributed by atoms with Gasteiger partial charge < -0.3 is 20.4 Å². The van der Waals surface area contributed by atoms with Gasteiger partial charge in [0.2, 0.25) is 5.91 Å². The fourth-order valence-corrected chi connectivity index (χ4v) is 3.53. The Morgan fingerprint density at radius 3 is 2.37 bits per heavy atom. The van der Waals surface area contributed by atoms with Crippen molar-refractivity contribution in [1.29, 1.82) is 0 Å². The molecule has 0 bridgehead atoms. The number of carbonyl (C=O) groups is 2. The largest absolute Gasteiger partial charge is 0.374 e. The lowest BCUT2D eigenvalue weighted by atomic mass is 10.1.